The van der Waals surface area contributed by atoms with Crippen LogP contribution in [0.25, 0.3) is 4.85 Å². The summed E-state index contributed by atoms with van der Waals surface area (Å²) in [5, 5.41) is 17.2. The van der Waals surface area contributed by atoms with E-state index in [0.29, 0.717) is 19.0 Å². The van der Waals surface area contributed by atoms with Crippen LogP contribution in [0, 0.1) is 6.57 Å². The molecule has 0 aliphatic rings. The quantitative estimate of drug-likeness (QED) is 0.0372. The third-order valence-electron chi connectivity index (χ3n) is 18.8. The molecule has 0 amide bonds. The zero-order valence-electron chi connectivity index (χ0n) is 64.7. The Hall–Kier alpha value is -8.35. The van der Waals surface area contributed by atoms with Crippen molar-refractivity contribution in [2.45, 2.75) is 91.0 Å². The van der Waals surface area contributed by atoms with Crippen molar-refractivity contribution in [3.63, 3.8) is 0 Å². The molecule has 0 N–H and O–H groups in total. The summed E-state index contributed by atoms with van der Waals surface area (Å²) in [5.74, 6) is 0.450. The Morgan fingerprint density at radius 3 is 0.627 bits per heavy atom. The smallest absolute Gasteiger partial charge is 0.274 e. The molecule has 0 aliphatic carbocycles. The second-order valence-electron chi connectivity index (χ2n) is 28.5. The summed E-state index contributed by atoms with van der Waals surface area (Å²) in [6.45, 7) is 30.5. The van der Waals surface area contributed by atoms with E-state index in [0.717, 1.165) is 15.7 Å². The molecule has 0 aliphatic heterocycles. The average molecular weight is 1710 g/mol. The van der Waals surface area contributed by atoms with Crippen molar-refractivity contribution in [2.75, 3.05) is 0 Å². The average Bonchev–Trinajstić information content (AvgIpc) is 0.878. The fraction of sp³-hybridized carbons (Fsp3) is 0.144. The normalized spacial score (nSPS) is 11.1. The topological polar surface area (TPSA) is 48.6 Å². The van der Waals surface area contributed by atoms with Crippen molar-refractivity contribution in [2.24, 2.45) is 0 Å². The van der Waals surface area contributed by atoms with Crippen LogP contribution in [-0.4, -0.2) is 26.6 Å². The van der Waals surface area contributed by atoms with Crippen molar-refractivity contribution >= 4 is 134 Å². The molecule has 0 radical (unpaired) electrons. The molecule has 2 aromatic heterocycles. The fourth-order valence-electron chi connectivity index (χ4n) is 10.8. The van der Waals surface area contributed by atoms with E-state index < -0.39 is 48.3 Å². The maximum atomic E-state index is 7.06. The largest absolute Gasteiger partial charge is 0.414 e. The van der Waals surface area contributed by atoms with Crippen LogP contribution in [0.15, 0.2) is 405 Å². The zero-order chi connectivity index (χ0) is 77.2. The maximum absolute atomic E-state index is 7.06. The van der Waals surface area contributed by atoms with Crippen molar-refractivity contribution in [3.05, 3.63) is 428 Å². The van der Waals surface area contributed by atoms with Gasteiger partial charge in [0, 0.05) is 37.7 Å². The Morgan fingerprint density at radius 2 is 0.455 bits per heavy atom. The van der Waals surface area contributed by atoms with Crippen molar-refractivity contribution in [1.29, 1.82) is 0 Å². The Labute approximate surface area is 686 Å². The zero-order valence-corrected chi connectivity index (χ0v) is 73.4. The molecule has 13 heteroatoms. The van der Waals surface area contributed by atoms with Gasteiger partial charge in [0.25, 0.3) is 5.82 Å². The van der Waals surface area contributed by atoms with Gasteiger partial charge in [-0.2, -0.15) is 0 Å². The van der Waals surface area contributed by atoms with Crippen LogP contribution >= 0.6 is 47.6 Å². The summed E-state index contributed by atoms with van der Waals surface area (Å²) in [7, 11) is -5.20. The first-order valence-corrected chi connectivity index (χ1v) is 48.8. The SMILES string of the molecule is CC(C)(C)[Si](C)(C)OCc1cccnc1Br.[C-]#[N+]c1ncccc1CO[Si](C)(C)C(C)(C)C.[Pd].c1ccc(P(c2ccccc2)c2ccccc2)cc1.c1ccc(P(c2ccccc2)c2ccccc2)cc1.c1ccc(P(c2ccccc2)c2ccccc2)cc1.c1ccc(P(c2ccccc2)c2ccccc2)cc1. The minimum Gasteiger partial charge on any atom is -0.414 e. The molecule has 2 heterocycles. The fourth-order valence-corrected chi connectivity index (χ4v) is 22.3. The second kappa shape index (κ2) is 45.2. The minimum atomic E-state index is -1.75. The Bertz CT molecular complexity index is 4050. The van der Waals surface area contributed by atoms with E-state index in [9.17, 15) is 0 Å². The predicted octanol–water partition coefficient (Wildman–Crippen LogP) is 22.3. The van der Waals surface area contributed by atoms with Crippen LogP contribution in [0.5, 0.6) is 0 Å². The molecule has 5 nitrogen and oxygen atoms in total. The van der Waals surface area contributed by atoms with Crippen molar-refractivity contribution in [3.8, 4) is 0 Å². The molecule has 14 rings (SSSR count). The Balaban J connectivity index is 0.000000166. The van der Waals surface area contributed by atoms with E-state index in [2.05, 4.69) is 462 Å². The first kappa shape index (κ1) is 87.2. The third-order valence-corrected chi connectivity index (χ3v) is 38.2. The van der Waals surface area contributed by atoms with Gasteiger partial charge in [-0.3, -0.25) is 0 Å². The summed E-state index contributed by atoms with van der Waals surface area (Å²) in [6, 6.07) is 137. The minimum absolute atomic E-state index is 0. The summed E-state index contributed by atoms with van der Waals surface area (Å²) >= 11 is 3.44. The molecular formula is C97H100BrN3O2P4PdSi2. The van der Waals surface area contributed by atoms with Gasteiger partial charge >= 0.3 is 0 Å². The van der Waals surface area contributed by atoms with E-state index >= 15 is 0 Å². The van der Waals surface area contributed by atoms with Crippen molar-refractivity contribution < 1.29 is 29.3 Å². The molecule has 0 spiro atoms. The van der Waals surface area contributed by atoms with Gasteiger partial charge in [-0.25, -0.2) is 4.98 Å². The molecule has 0 unspecified atom stereocenters. The summed E-state index contributed by atoms with van der Waals surface area (Å²) in [5.41, 5.74) is 2.00. The van der Waals surface area contributed by atoms with E-state index in [4.69, 9.17) is 15.4 Å². The molecular weight excluding hydrogens is 1610 g/mol. The number of hydrogen-bond acceptors (Lipinski definition) is 4. The molecule has 0 fully saturated rings. The van der Waals surface area contributed by atoms with Crippen LogP contribution in [0.2, 0.25) is 36.3 Å². The van der Waals surface area contributed by atoms with Crippen LogP contribution in [-0.2, 0) is 42.5 Å². The van der Waals surface area contributed by atoms with Gasteiger partial charge in [0.05, 0.1) is 13.2 Å². The van der Waals surface area contributed by atoms with E-state index in [-0.39, 0.29) is 30.5 Å². The van der Waals surface area contributed by atoms with E-state index in [1.54, 1.807) is 12.4 Å². The number of nitrogens with zero attached hydrogens (tertiary/aromatic N) is 3. The Morgan fingerprint density at radius 1 is 0.282 bits per heavy atom. The van der Waals surface area contributed by atoms with Gasteiger partial charge in [-0.15, -0.1) is 4.98 Å². The molecule has 12 aromatic carbocycles. The van der Waals surface area contributed by atoms with Gasteiger partial charge in [-0.1, -0.05) is 424 Å². The molecule has 14 aromatic rings. The molecule has 0 atom stereocenters. The first-order valence-electron chi connectivity index (χ1n) is 36.8. The predicted molar refractivity (Wildman–Crippen MR) is 487 cm³/mol. The van der Waals surface area contributed by atoms with Gasteiger partial charge in [0.15, 0.2) is 16.6 Å². The number of halogens is 1. The van der Waals surface area contributed by atoms with Crippen molar-refractivity contribution in [1.82, 2.24) is 9.97 Å². The first-order chi connectivity index (χ1) is 52.8. The monoisotopic (exact) mass is 1700 g/mol. The van der Waals surface area contributed by atoms with Gasteiger partial charge in [0.1, 0.15) is 10.8 Å². The van der Waals surface area contributed by atoms with Crippen LogP contribution < -0.4 is 63.7 Å². The number of rotatable bonds is 18. The van der Waals surface area contributed by atoms with Crippen LogP contribution in [0.3, 0.4) is 0 Å². The molecule has 0 saturated heterocycles. The van der Waals surface area contributed by atoms with Gasteiger partial charge in [-0.05, 0) is 160 Å². The third kappa shape index (κ3) is 27.0. The number of hydrogen-bond donors (Lipinski definition) is 0. The van der Waals surface area contributed by atoms with E-state index in [1.807, 2.05) is 24.3 Å². The van der Waals surface area contributed by atoms with Crippen LogP contribution in [0.1, 0.15) is 52.7 Å². The molecule has 0 saturated carbocycles. The standard InChI is InChI=1S/4C18H15P.C13H20N2OSi.C12H20BrNOSi.Pd/c4*1-4-10-16(11-5-1)19(17-12-6-2-7-13-17)18-14-8-3-9-15-18;1-13(2,3)17(5,6)16-10-11-8-7-9-15-12(11)14-4;1-12(2,3)16(4,5)15-9-10-7-6-8-14-11(10)13;/h4*1-15H;7-9H,10H2,1-3,5-6H3;6-8H,9H2,1-5H3;. The molecule has 0 bridgehead atoms. The van der Waals surface area contributed by atoms with Gasteiger partial charge in [0.2, 0.25) is 0 Å². The number of pyridine rings is 2. The summed E-state index contributed by atoms with van der Waals surface area (Å²) < 4.78 is 13.1. The number of benzene rings is 12. The molecule has 560 valence electrons. The van der Waals surface area contributed by atoms with E-state index in [1.165, 1.54) is 63.7 Å². The van der Waals surface area contributed by atoms with Gasteiger partial charge < -0.3 is 13.7 Å². The summed E-state index contributed by atoms with van der Waals surface area (Å²) in [6.07, 6.45) is 3.42. The summed E-state index contributed by atoms with van der Waals surface area (Å²) in [4.78, 5) is 11.6. The number of aromatic nitrogens is 2. The van der Waals surface area contributed by atoms with Crippen LogP contribution in [0.4, 0.5) is 5.82 Å². The second-order valence-corrected chi connectivity index (χ2v) is 47.8. The maximum Gasteiger partial charge on any atom is 0.274 e. The Kier molecular flexibility index (Phi) is 35.9. The molecule has 110 heavy (non-hydrogen) atoms.